The van der Waals surface area contributed by atoms with Gasteiger partial charge in [0.1, 0.15) is 0 Å². The topological polar surface area (TPSA) is 29.5 Å². The molecule has 0 saturated heterocycles. The van der Waals surface area contributed by atoms with Gasteiger partial charge in [-0.1, -0.05) is 0 Å². The van der Waals surface area contributed by atoms with Gasteiger partial charge in [-0.05, 0) is 0 Å². The van der Waals surface area contributed by atoms with Gasteiger partial charge in [0.15, 0.2) is 0 Å². The van der Waals surface area contributed by atoms with E-state index in [1.165, 1.54) is 7.11 Å². The van der Waals surface area contributed by atoms with Crippen molar-refractivity contribution in [2.75, 3.05) is 7.11 Å². The van der Waals surface area contributed by atoms with Gasteiger partial charge in [0.25, 0.3) is 0 Å². The normalized spacial score (nSPS) is 4.50. The number of hydrogen-bond acceptors (Lipinski definition) is 2. The van der Waals surface area contributed by atoms with Crippen LogP contribution in [0.5, 0.6) is 0 Å². The van der Waals surface area contributed by atoms with Gasteiger partial charge in [0, 0.05) is 0 Å². The van der Waals surface area contributed by atoms with Gasteiger partial charge < -0.3 is 0 Å². The van der Waals surface area contributed by atoms with Crippen LogP contribution >= 0.6 is 0 Å². The fraction of sp³-hybridized carbons (Fsp3) is 1.00. The molecule has 0 radical (unpaired) electrons. The quantitative estimate of drug-likeness (QED) is 0.229. The zero-order valence-corrected chi connectivity index (χ0v) is 1.86. The summed E-state index contributed by atoms with van der Waals surface area (Å²) in [4.78, 5) is 3.25. The molecule has 22 valence electrons. The van der Waals surface area contributed by atoms with Crippen molar-refractivity contribution in [3.05, 3.63) is 0 Å². The third kappa shape index (κ3) is 21.7. The molecule has 0 rings (SSSR count). The summed E-state index contributed by atoms with van der Waals surface area (Å²) in [5, 5.41) is 7.07. The van der Waals surface area contributed by atoms with E-state index in [4.69, 9.17) is 5.26 Å². The molecular weight excluding hydrogens is 51.0 g/mol. The average Bonchev–Trinajstić information content (AvgIpc) is 0.918. The van der Waals surface area contributed by atoms with Crippen LogP contribution in [0.4, 0.5) is 0 Å². The van der Waals surface area contributed by atoms with Crippen LogP contribution < -0.4 is 0 Å². The van der Waals surface area contributed by atoms with Crippen LogP contribution in [-0.4, -0.2) is 31.2 Å². The summed E-state index contributed by atoms with van der Waals surface area (Å²) in [6, 6.07) is 0. The fourth-order valence-electron chi connectivity index (χ4n) is 0. The molecule has 0 spiro atoms. The Morgan fingerprint density at radius 2 is 1.75 bits per heavy atom. The Morgan fingerprint density at radius 1 is 1.75 bits per heavy atom. The van der Waals surface area contributed by atoms with Crippen LogP contribution in [-0.2, 0) is 4.89 Å². The van der Waals surface area contributed by atoms with Crippen LogP contribution in [0, 0.1) is 0 Å². The van der Waals surface area contributed by atoms with E-state index in [0.29, 0.717) is 0 Å². The van der Waals surface area contributed by atoms with Crippen molar-refractivity contribution >= 4 is 18.9 Å². The van der Waals surface area contributed by atoms with E-state index in [-0.39, 0.29) is 18.9 Å². The first-order chi connectivity index (χ1) is 1.41. The Morgan fingerprint density at radius 3 is 1.75 bits per heavy atom. The zero-order chi connectivity index (χ0) is 2.71. The van der Waals surface area contributed by atoms with Crippen molar-refractivity contribution in [2.24, 2.45) is 0 Å². The van der Waals surface area contributed by atoms with E-state index >= 15 is 0 Å². The molecule has 0 saturated carbocycles. The van der Waals surface area contributed by atoms with Crippen LogP contribution in [0.3, 0.4) is 0 Å². The Hall–Kier alpha value is 0.517. The molecule has 0 fully saturated rings. The molecule has 0 heterocycles. The molecule has 3 heteroatoms. The van der Waals surface area contributed by atoms with Crippen molar-refractivity contribution in [2.45, 2.75) is 0 Å². The predicted octanol–water partition coefficient (Wildman–Crippen LogP) is -0.543. The minimum atomic E-state index is 0. The fourth-order valence-corrected chi connectivity index (χ4v) is 0. The van der Waals surface area contributed by atoms with Gasteiger partial charge in [-0.3, -0.25) is 5.26 Å². The van der Waals surface area contributed by atoms with Crippen molar-refractivity contribution in [3.8, 4) is 0 Å². The summed E-state index contributed by atoms with van der Waals surface area (Å²) < 4.78 is 0. The van der Waals surface area contributed by atoms with Crippen molar-refractivity contribution in [1.29, 1.82) is 0 Å². The molecule has 0 amide bonds. The molecule has 0 aliphatic rings. The predicted molar refractivity (Wildman–Crippen MR) is 16.8 cm³/mol. The first kappa shape index (κ1) is 8.82. The molecule has 0 aromatic heterocycles. The molecule has 2 nitrogen and oxygen atoms in total. The first-order valence-electron chi connectivity index (χ1n) is 0.591. The van der Waals surface area contributed by atoms with Crippen LogP contribution in [0.2, 0.25) is 0 Å². The summed E-state index contributed by atoms with van der Waals surface area (Å²) in [6.07, 6.45) is 0. The second-order valence-corrected chi connectivity index (χ2v) is 0.183. The van der Waals surface area contributed by atoms with Crippen LogP contribution in [0.25, 0.3) is 0 Å². The van der Waals surface area contributed by atoms with Gasteiger partial charge in [-0.15, -0.1) is 0 Å². The Bertz CT molecular complexity index is 6.00. The summed E-state index contributed by atoms with van der Waals surface area (Å²) in [6.45, 7) is 0. The standard InChI is InChI=1S/CH4O2.Li.H/c1-3-2;;/h2H,1H3;;. The van der Waals surface area contributed by atoms with Crippen molar-refractivity contribution in [1.82, 2.24) is 0 Å². The van der Waals surface area contributed by atoms with E-state index in [1.807, 2.05) is 0 Å². The Labute approximate surface area is 36.9 Å². The molecule has 4 heavy (non-hydrogen) atoms. The van der Waals surface area contributed by atoms with E-state index < -0.39 is 0 Å². The summed E-state index contributed by atoms with van der Waals surface area (Å²) >= 11 is 0. The molecule has 0 atom stereocenters. The Balaban J connectivity index is 0. The summed E-state index contributed by atoms with van der Waals surface area (Å²) in [7, 11) is 1.18. The van der Waals surface area contributed by atoms with Gasteiger partial charge in [0.05, 0.1) is 7.11 Å². The second kappa shape index (κ2) is 9.68. The molecule has 0 bridgehead atoms. The molecule has 1 N–H and O–H groups in total. The maximum absolute atomic E-state index is 7.07. The second-order valence-electron chi connectivity index (χ2n) is 0.183. The van der Waals surface area contributed by atoms with Gasteiger partial charge >= 0.3 is 18.9 Å². The monoisotopic (exact) mass is 56.0 g/mol. The van der Waals surface area contributed by atoms with Crippen molar-refractivity contribution in [3.63, 3.8) is 0 Å². The molecule has 0 aromatic carbocycles. The molecular formula is CH5LiO2. The van der Waals surface area contributed by atoms with E-state index in [0.717, 1.165) is 0 Å². The molecule has 0 aromatic rings. The summed E-state index contributed by atoms with van der Waals surface area (Å²) in [5.74, 6) is 0. The summed E-state index contributed by atoms with van der Waals surface area (Å²) in [5.41, 5.74) is 0. The van der Waals surface area contributed by atoms with Crippen LogP contribution in [0.15, 0.2) is 0 Å². The van der Waals surface area contributed by atoms with Gasteiger partial charge in [-0.25, -0.2) is 4.89 Å². The van der Waals surface area contributed by atoms with Gasteiger partial charge in [0.2, 0.25) is 0 Å². The molecule has 0 aliphatic heterocycles. The average molecular weight is 56.0 g/mol. The Kier molecular flexibility index (Phi) is 21.3. The number of hydrogen-bond donors (Lipinski definition) is 1. The third-order valence-electron chi connectivity index (χ3n) is 0. The number of rotatable bonds is 0. The first-order valence-corrected chi connectivity index (χ1v) is 0.591. The minimum absolute atomic E-state index is 0. The van der Waals surface area contributed by atoms with E-state index in [1.54, 1.807) is 0 Å². The molecule has 0 unspecified atom stereocenters. The van der Waals surface area contributed by atoms with Gasteiger partial charge in [-0.2, -0.15) is 0 Å². The third-order valence-corrected chi connectivity index (χ3v) is 0. The van der Waals surface area contributed by atoms with E-state index in [2.05, 4.69) is 4.89 Å². The zero-order valence-electron chi connectivity index (χ0n) is 1.86. The van der Waals surface area contributed by atoms with E-state index in [9.17, 15) is 0 Å². The SMILES string of the molecule is COO.[LiH]. The van der Waals surface area contributed by atoms with Crippen molar-refractivity contribution < 1.29 is 10.1 Å². The maximum atomic E-state index is 7.07. The van der Waals surface area contributed by atoms with Crippen LogP contribution in [0.1, 0.15) is 0 Å². The molecule has 0 aliphatic carbocycles.